The molecule has 5 atom stereocenters. The fraction of sp³-hybridized carbons (Fsp3) is 0.571. The highest BCUT2D eigenvalue weighted by Crippen LogP contribution is 2.34. The van der Waals surface area contributed by atoms with E-state index >= 15 is 0 Å². The van der Waals surface area contributed by atoms with Crippen LogP contribution in [0.2, 0.25) is 0 Å². The van der Waals surface area contributed by atoms with Gasteiger partial charge in [-0.05, 0) is 30.5 Å². The number of aryl methyl sites for hydroxylation is 1. The summed E-state index contributed by atoms with van der Waals surface area (Å²) in [7, 11) is 0. The van der Waals surface area contributed by atoms with Crippen molar-refractivity contribution in [3.63, 3.8) is 0 Å². The second-order valence-electron chi connectivity index (χ2n) is 5.04. The van der Waals surface area contributed by atoms with Gasteiger partial charge in [0.05, 0.1) is 6.61 Å². The maximum Gasteiger partial charge on any atom is 0.113 e. The van der Waals surface area contributed by atoms with Gasteiger partial charge in [-0.1, -0.05) is 18.2 Å². The van der Waals surface area contributed by atoms with E-state index in [1.54, 1.807) is 0 Å². The predicted octanol–water partition coefficient (Wildman–Crippen LogP) is -0.182. The summed E-state index contributed by atoms with van der Waals surface area (Å²) in [5, 5.41) is 38.8. The maximum atomic E-state index is 10.1. The Morgan fingerprint density at radius 1 is 1.05 bits per heavy atom. The quantitative estimate of drug-likeness (QED) is 0.597. The third-order valence-electron chi connectivity index (χ3n) is 3.85. The standard InChI is InChI=1S/C14H20O5/c1-7-4-3-5-9(8(7)2)14-13(18)12(17)11(16)10(6-15)19-14/h3-5,10-18H,6H2,1-2H3/t10-,11-,12+,13+,14-/m1/s1. The Kier molecular flexibility index (Phi) is 4.23. The van der Waals surface area contributed by atoms with Gasteiger partial charge in [-0.2, -0.15) is 0 Å². The summed E-state index contributed by atoms with van der Waals surface area (Å²) < 4.78 is 5.54. The van der Waals surface area contributed by atoms with Crippen LogP contribution >= 0.6 is 0 Å². The minimum absolute atomic E-state index is 0.410. The summed E-state index contributed by atoms with van der Waals surface area (Å²) >= 11 is 0. The molecular weight excluding hydrogens is 248 g/mol. The molecule has 5 nitrogen and oxygen atoms in total. The van der Waals surface area contributed by atoms with E-state index in [2.05, 4.69) is 0 Å². The van der Waals surface area contributed by atoms with E-state index in [4.69, 9.17) is 4.74 Å². The monoisotopic (exact) mass is 268 g/mol. The first kappa shape index (κ1) is 14.4. The van der Waals surface area contributed by atoms with Crippen LogP contribution in [0.4, 0.5) is 0 Å². The second kappa shape index (κ2) is 5.56. The third-order valence-corrected chi connectivity index (χ3v) is 3.85. The van der Waals surface area contributed by atoms with Gasteiger partial charge in [0.25, 0.3) is 0 Å². The van der Waals surface area contributed by atoms with Gasteiger partial charge in [-0.15, -0.1) is 0 Å². The molecule has 4 N–H and O–H groups in total. The fourth-order valence-corrected chi connectivity index (χ4v) is 2.44. The lowest BCUT2D eigenvalue weighted by atomic mass is 9.88. The van der Waals surface area contributed by atoms with Crippen molar-refractivity contribution in [1.82, 2.24) is 0 Å². The molecule has 2 rings (SSSR count). The van der Waals surface area contributed by atoms with Crippen molar-refractivity contribution in [3.05, 3.63) is 34.9 Å². The zero-order chi connectivity index (χ0) is 14.2. The lowest BCUT2D eigenvalue weighted by molar-refractivity contribution is -0.231. The van der Waals surface area contributed by atoms with Crippen LogP contribution in [0.5, 0.6) is 0 Å². The average Bonchev–Trinajstić information content (AvgIpc) is 2.40. The summed E-state index contributed by atoms with van der Waals surface area (Å²) in [5.41, 5.74) is 2.78. The van der Waals surface area contributed by atoms with Crippen molar-refractivity contribution in [2.75, 3.05) is 6.61 Å². The second-order valence-corrected chi connectivity index (χ2v) is 5.04. The van der Waals surface area contributed by atoms with Gasteiger partial charge in [0.2, 0.25) is 0 Å². The molecule has 1 heterocycles. The molecule has 1 fully saturated rings. The van der Waals surface area contributed by atoms with Gasteiger partial charge in [-0.25, -0.2) is 0 Å². The number of hydrogen-bond donors (Lipinski definition) is 4. The summed E-state index contributed by atoms with van der Waals surface area (Å²) in [4.78, 5) is 0. The Labute approximate surface area is 112 Å². The predicted molar refractivity (Wildman–Crippen MR) is 68.6 cm³/mol. The number of aliphatic hydroxyl groups is 4. The van der Waals surface area contributed by atoms with E-state index in [9.17, 15) is 20.4 Å². The van der Waals surface area contributed by atoms with E-state index in [0.717, 1.165) is 16.7 Å². The molecule has 0 unspecified atom stereocenters. The Balaban J connectivity index is 2.35. The highest BCUT2D eigenvalue weighted by molar-refractivity contribution is 5.35. The molecular formula is C14H20O5. The number of aliphatic hydroxyl groups excluding tert-OH is 4. The van der Waals surface area contributed by atoms with E-state index in [-0.39, 0.29) is 0 Å². The molecule has 19 heavy (non-hydrogen) atoms. The normalized spacial score (nSPS) is 35.4. The molecule has 0 aliphatic carbocycles. The van der Waals surface area contributed by atoms with Gasteiger partial charge in [0.1, 0.15) is 30.5 Å². The van der Waals surface area contributed by atoms with Crippen molar-refractivity contribution in [1.29, 1.82) is 0 Å². The van der Waals surface area contributed by atoms with Crippen LogP contribution in [0.1, 0.15) is 22.8 Å². The molecule has 5 heteroatoms. The fourth-order valence-electron chi connectivity index (χ4n) is 2.44. The lowest BCUT2D eigenvalue weighted by Crippen LogP contribution is -2.55. The Morgan fingerprint density at radius 3 is 2.37 bits per heavy atom. The number of rotatable bonds is 2. The molecule has 0 spiro atoms. The molecule has 1 saturated heterocycles. The Bertz CT molecular complexity index is 445. The molecule has 1 aromatic carbocycles. The van der Waals surface area contributed by atoms with E-state index in [1.807, 2.05) is 32.0 Å². The molecule has 106 valence electrons. The largest absolute Gasteiger partial charge is 0.394 e. The van der Waals surface area contributed by atoms with Crippen LogP contribution in [0, 0.1) is 13.8 Å². The summed E-state index contributed by atoms with van der Waals surface area (Å²) in [5.74, 6) is 0. The molecule has 1 aromatic rings. The molecule has 0 saturated carbocycles. The summed E-state index contributed by atoms with van der Waals surface area (Å²) in [6.45, 7) is 3.45. The van der Waals surface area contributed by atoms with Gasteiger partial charge in [-0.3, -0.25) is 0 Å². The zero-order valence-corrected chi connectivity index (χ0v) is 11.0. The minimum atomic E-state index is -1.34. The van der Waals surface area contributed by atoms with Crippen molar-refractivity contribution >= 4 is 0 Å². The number of ether oxygens (including phenoxy) is 1. The van der Waals surface area contributed by atoms with Gasteiger partial charge in [0, 0.05) is 0 Å². The minimum Gasteiger partial charge on any atom is -0.394 e. The molecule has 0 aromatic heterocycles. The SMILES string of the molecule is Cc1cccc([C@H]2O[C@H](CO)[C@@H](O)[C@H](O)[C@@H]2O)c1C. The highest BCUT2D eigenvalue weighted by Gasteiger charge is 2.44. The van der Waals surface area contributed by atoms with Crippen LogP contribution in [0.25, 0.3) is 0 Å². The van der Waals surface area contributed by atoms with Crippen molar-refractivity contribution in [2.45, 2.75) is 44.4 Å². The van der Waals surface area contributed by atoms with Crippen LogP contribution in [0.3, 0.4) is 0 Å². The molecule has 0 radical (unpaired) electrons. The highest BCUT2D eigenvalue weighted by atomic mass is 16.5. The molecule has 0 amide bonds. The number of benzene rings is 1. The first-order valence-electron chi connectivity index (χ1n) is 6.34. The third kappa shape index (κ3) is 2.52. The van der Waals surface area contributed by atoms with Crippen molar-refractivity contribution in [3.8, 4) is 0 Å². The zero-order valence-electron chi connectivity index (χ0n) is 11.0. The summed E-state index contributed by atoms with van der Waals surface area (Å²) in [6.07, 6.45) is -5.51. The lowest BCUT2D eigenvalue weighted by Gasteiger charge is -2.40. The average molecular weight is 268 g/mol. The van der Waals surface area contributed by atoms with E-state index in [0.29, 0.717) is 0 Å². The first-order valence-corrected chi connectivity index (χ1v) is 6.34. The van der Waals surface area contributed by atoms with Gasteiger partial charge >= 0.3 is 0 Å². The van der Waals surface area contributed by atoms with Crippen LogP contribution < -0.4 is 0 Å². The van der Waals surface area contributed by atoms with Crippen LogP contribution in [-0.4, -0.2) is 51.4 Å². The van der Waals surface area contributed by atoms with Crippen molar-refractivity contribution in [2.24, 2.45) is 0 Å². The molecule has 1 aliphatic heterocycles. The summed E-state index contributed by atoms with van der Waals surface area (Å²) in [6, 6.07) is 5.61. The molecule has 1 aliphatic rings. The Hall–Kier alpha value is -0.980. The van der Waals surface area contributed by atoms with E-state index < -0.39 is 37.1 Å². The Morgan fingerprint density at radius 2 is 1.74 bits per heavy atom. The van der Waals surface area contributed by atoms with E-state index in [1.165, 1.54) is 0 Å². The van der Waals surface area contributed by atoms with Crippen LogP contribution in [-0.2, 0) is 4.74 Å². The number of hydrogen-bond acceptors (Lipinski definition) is 5. The van der Waals surface area contributed by atoms with Gasteiger partial charge in [0.15, 0.2) is 0 Å². The van der Waals surface area contributed by atoms with Crippen LogP contribution in [0.15, 0.2) is 18.2 Å². The first-order chi connectivity index (χ1) is 8.97. The smallest absolute Gasteiger partial charge is 0.113 e. The van der Waals surface area contributed by atoms with Gasteiger partial charge < -0.3 is 25.2 Å². The van der Waals surface area contributed by atoms with Crippen molar-refractivity contribution < 1.29 is 25.2 Å². The molecule has 0 bridgehead atoms. The topological polar surface area (TPSA) is 90.2 Å². The maximum absolute atomic E-state index is 10.1.